The van der Waals surface area contributed by atoms with Crippen LogP contribution in [0.5, 0.6) is 0 Å². The molecule has 0 spiro atoms. The van der Waals surface area contributed by atoms with Crippen LogP contribution in [0.4, 0.5) is 13.2 Å². The van der Waals surface area contributed by atoms with Gasteiger partial charge in [-0.25, -0.2) is 0 Å². The second kappa shape index (κ2) is 6.18. The van der Waals surface area contributed by atoms with Crippen molar-refractivity contribution in [2.24, 2.45) is 0 Å². The smallest absolute Gasteiger partial charge is 0.417 e. The van der Waals surface area contributed by atoms with Crippen molar-refractivity contribution >= 4 is 27.7 Å². The fourth-order valence-electron chi connectivity index (χ4n) is 1.45. The van der Waals surface area contributed by atoms with E-state index in [0.717, 1.165) is 19.2 Å². The van der Waals surface area contributed by atoms with Crippen LogP contribution in [0.3, 0.4) is 0 Å². The van der Waals surface area contributed by atoms with Gasteiger partial charge in [-0.2, -0.15) is 13.2 Å². The number of esters is 1. The summed E-state index contributed by atoms with van der Waals surface area (Å²) in [5, 5.41) is 0. The van der Waals surface area contributed by atoms with Crippen LogP contribution in [0.2, 0.25) is 0 Å². The van der Waals surface area contributed by atoms with Gasteiger partial charge in [0.05, 0.1) is 19.1 Å². The Morgan fingerprint density at radius 3 is 2.42 bits per heavy atom. The van der Waals surface area contributed by atoms with Crippen molar-refractivity contribution in [2.75, 3.05) is 7.11 Å². The van der Waals surface area contributed by atoms with Crippen molar-refractivity contribution in [3.8, 4) is 0 Å². The summed E-state index contributed by atoms with van der Waals surface area (Å²) in [4.78, 5) is 22.6. The maximum Gasteiger partial charge on any atom is 0.417 e. The fourth-order valence-corrected chi connectivity index (χ4v) is 1.81. The standard InChI is InChI=1S/C12H10BrF3O3/c1-19-11(18)5-4-10(17)8-3-2-7(13)6-9(8)12(14,15)16/h2-3,6H,4-5H2,1H3. The first kappa shape index (κ1) is 15.7. The van der Waals surface area contributed by atoms with E-state index in [1.54, 1.807) is 0 Å². The van der Waals surface area contributed by atoms with E-state index in [2.05, 4.69) is 20.7 Å². The lowest BCUT2D eigenvalue weighted by molar-refractivity contribution is -0.140. The molecule has 0 saturated heterocycles. The summed E-state index contributed by atoms with van der Waals surface area (Å²) in [7, 11) is 1.15. The number of ether oxygens (including phenoxy) is 1. The molecule has 0 radical (unpaired) electrons. The number of benzene rings is 1. The molecule has 0 atom stereocenters. The third-order valence-corrected chi connectivity index (χ3v) is 2.86. The predicted molar refractivity (Wildman–Crippen MR) is 64.7 cm³/mol. The maximum atomic E-state index is 12.8. The number of hydrogen-bond acceptors (Lipinski definition) is 3. The zero-order valence-electron chi connectivity index (χ0n) is 9.88. The molecule has 0 aromatic heterocycles. The molecule has 0 amide bonds. The number of halogens is 4. The normalized spacial score (nSPS) is 11.2. The molecule has 19 heavy (non-hydrogen) atoms. The van der Waals surface area contributed by atoms with Gasteiger partial charge < -0.3 is 4.74 Å². The number of methoxy groups -OCH3 is 1. The molecule has 0 aliphatic carbocycles. The Hall–Kier alpha value is -1.37. The van der Waals surface area contributed by atoms with Gasteiger partial charge in [0.15, 0.2) is 5.78 Å². The predicted octanol–water partition coefficient (Wildman–Crippen LogP) is 3.60. The molecule has 0 unspecified atom stereocenters. The first-order valence-electron chi connectivity index (χ1n) is 5.22. The van der Waals surface area contributed by atoms with Crippen molar-refractivity contribution in [1.29, 1.82) is 0 Å². The molecule has 0 saturated carbocycles. The highest BCUT2D eigenvalue weighted by Gasteiger charge is 2.35. The summed E-state index contributed by atoms with van der Waals surface area (Å²) in [6, 6.07) is 3.28. The monoisotopic (exact) mass is 338 g/mol. The van der Waals surface area contributed by atoms with E-state index >= 15 is 0 Å². The maximum absolute atomic E-state index is 12.8. The first-order valence-corrected chi connectivity index (χ1v) is 6.01. The summed E-state index contributed by atoms with van der Waals surface area (Å²) in [6.45, 7) is 0. The average molecular weight is 339 g/mol. The zero-order valence-corrected chi connectivity index (χ0v) is 11.5. The van der Waals surface area contributed by atoms with Crippen LogP contribution in [-0.4, -0.2) is 18.9 Å². The number of ketones is 1. The molecule has 0 aliphatic rings. The van der Waals surface area contributed by atoms with Crippen LogP contribution in [0.1, 0.15) is 28.8 Å². The summed E-state index contributed by atoms with van der Waals surface area (Å²) < 4.78 is 42.9. The minimum absolute atomic E-state index is 0.226. The first-order chi connectivity index (χ1) is 8.75. The van der Waals surface area contributed by atoms with Crippen LogP contribution in [0, 0.1) is 0 Å². The van der Waals surface area contributed by atoms with E-state index < -0.39 is 29.1 Å². The summed E-state index contributed by atoms with van der Waals surface area (Å²) in [5.74, 6) is -1.38. The Balaban J connectivity index is 3.00. The number of carbonyl (C=O) groups is 2. The van der Waals surface area contributed by atoms with Gasteiger partial charge in [0, 0.05) is 16.5 Å². The van der Waals surface area contributed by atoms with Gasteiger partial charge in [0.2, 0.25) is 0 Å². The highest BCUT2D eigenvalue weighted by molar-refractivity contribution is 9.10. The Bertz CT molecular complexity index is 497. The molecule has 1 aromatic rings. The van der Waals surface area contributed by atoms with Gasteiger partial charge in [0.1, 0.15) is 0 Å². The molecule has 1 aromatic carbocycles. The van der Waals surface area contributed by atoms with Gasteiger partial charge in [-0.3, -0.25) is 9.59 Å². The van der Waals surface area contributed by atoms with Crippen LogP contribution < -0.4 is 0 Å². The minimum Gasteiger partial charge on any atom is -0.469 e. The molecule has 7 heteroatoms. The third kappa shape index (κ3) is 4.34. The van der Waals surface area contributed by atoms with Crippen LogP contribution in [0.25, 0.3) is 0 Å². The molecule has 0 fully saturated rings. The molecule has 1 rings (SSSR count). The highest BCUT2D eigenvalue weighted by atomic mass is 79.9. The number of hydrogen-bond donors (Lipinski definition) is 0. The Kier molecular flexibility index (Phi) is 5.11. The van der Waals surface area contributed by atoms with Crippen LogP contribution >= 0.6 is 15.9 Å². The zero-order chi connectivity index (χ0) is 14.6. The largest absolute Gasteiger partial charge is 0.469 e. The van der Waals surface area contributed by atoms with Crippen molar-refractivity contribution in [3.05, 3.63) is 33.8 Å². The quantitative estimate of drug-likeness (QED) is 0.622. The Morgan fingerprint density at radius 1 is 1.26 bits per heavy atom. The number of rotatable bonds is 4. The van der Waals surface area contributed by atoms with Gasteiger partial charge in [-0.05, 0) is 18.2 Å². The molecule has 0 N–H and O–H groups in total. The van der Waals surface area contributed by atoms with Gasteiger partial charge in [0.25, 0.3) is 0 Å². The van der Waals surface area contributed by atoms with E-state index in [0.29, 0.717) is 0 Å². The van der Waals surface area contributed by atoms with Crippen molar-refractivity contribution in [2.45, 2.75) is 19.0 Å². The van der Waals surface area contributed by atoms with Crippen molar-refractivity contribution in [3.63, 3.8) is 0 Å². The average Bonchev–Trinajstić information content (AvgIpc) is 2.34. The molecule has 0 heterocycles. The van der Waals surface area contributed by atoms with Crippen LogP contribution in [-0.2, 0) is 15.7 Å². The number of carbonyl (C=O) groups excluding carboxylic acids is 2. The lowest BCUT2D eigenvalue weighted by atomic mass is 10.0. The van der Waals surface area contributed by atoms with Crippen molar-refractivity contribution < 1.29 is 27.5 Å². The topological polar surface area (TPSA) is 43.4 Å². The van der Waals surface area contributed by atoms with Gasteiger partial charge >= 0.3 is 12.1 Å². The Labute approximate surface area is 115 Å². The third-order valence-electron chi connectivity index (χ3n) is 2.37. The molecular formula is C12H10BrF3O3. The summed E-state index contributed by atoms with van der Waals surface area (Å²) in [5.41, 5.74) is -1.46. The molecule has 0 aliphatic heterocycles. The lowest BCUT2D eigenvalue weighted by Gasteiger charge is -2.12. The van der Waals surface area contributed by atoms with E-state index in [1.165, 1.54) is 6.07 Å². The van der Waals surface area contributed by atoms with E-state index in [1.807, 2.05) is 0 Å². The summed E-state index contributed by atoms with van der Waals surface area (Å²) in [6.07, 6.45) is -5.19. The number of Topliss-reactive ketones (excluding diaryl/α,β-unsaturated/α-hetero) is 1. The lowest BCUT2D eigenvalue weighted by Crippen LogP contribution is -2.14. The van der Waals surface area contributed by atoms with Crippen LogP contribution in [0.15, 0.2) is 22.7 Å². The van der Waals surface area contributed by atoms with E-state index in [4.69, 9.17) is 0 Å². The van der Waals surface area contributed by atoms with Crippen molar-refractivity contribution in [1.82, 2.24) is 0 Å². The second-order valence-corrected chi connectivity index (χ2v) is 4.60. The van der Waals surface area contributed by atoms with E-state index in [9.17, 15) is 22.8 Å². The highest BCUT2D eigenvalue weighted by Crippen LogP contribution is 2.34. The minimum atomic E-state index is -4.62. The van der Waals surface area contributed by atoms with Gasteiger partial charge in [-0.15, -0.1) is 0 Å². The molecular weight excluding hydrogens is 329 g/mol. The van der Waals surface area contributed by atoms with Gasteiger partial charge in [-0.1, -0.05) is 15.9 Å². The number of alkyl halides is 3. The fraction of sp³-hybridized carbons (Fsp3) is 0.333. The molecule has 0 bridgehead atoms. The molecule has 104 valence electrons. The second-order valence-electron chi connectivity index (χ2n) is 3.69. The summed E-state index contributed by atoms with van der Waals surface area (Å²) >= 11 is 2.93. The SMILES string of the molecule is COC(=O)CCC(=O)c1ccc(Br)cc1C(F)(F)F. The molecule has 3 nitrogen and oxygen atoms in total. The van der Waals surface area contributed by atoms with E-state index in [-0.39, 0.29) is 17.3 Å². The Morgan fingerprint density at radius 2 is 1.89 bits per heavy atom.